The molecule has 3 aromatic carbocycles. The summed E-state index contributed by atoms with van der Waals surface area (Å²) in [5.74, 6) is 1.96. The van der Waals surface area contributed by atoms with Gasteiger partial charge in [-0.1, -0.05) is 68.4 Å². The lowest BCUT2D eigenvalue weighted by Crippen LogP contribution is -2.50. The van der Waals surface area contributed by atoms with Crippen molar-refractivity contribution in [3.63, 3.8) is 0 Å². The summed E-state index contributed by atoms with van der Waals surface area (Å²) in [4.78, 5) is 9.44. The van der Waals surface area contributed by atoms with Crippen LogP contribution in [0.25, 0.3) is 10.9 Å². The van der Waals surface area contributed by atoms with E-state index >= 15 is 0 Å². The van der Waals surface area contributed by atoms with Crippen LogP contribution in [-0.4, -0.2) is 65.3 Å². The zero-order valence-electron chi connectivity index (χ0n) is 22.8. The molecule has 4 atom stereocenters. The fourth-order valence-corrected chi connectivity index (χ4v) is 7.39. The zero-order valence-corrected chi connectivity index (χ0v) is 22.8. The third-order valence-electron chi connectivity index (χ3n) is 9.36. The molecule has 1 saturated carbocycles. The van der Waals surface area contributed by atoms with E-state index < -0.39 is 6.10 Å². The molecule has 1 N–H and O–H groups in total. The molecule has 39 heavy (non-hydrogen) atoms. The summed E-state index contributed by atoms with van der Waals surface area (Å²) in [6.07, 6.45) is 1.24. The average molecular weight is 520 g/mol. The molecule has 4 aromatic rings. The molecule has 0 amide bonds. The van der Waals surface area contributed by atoms with Crippen molar-refractivity contribution in [3.05, 3.63) is 107 Å². The van der Waals surface area contributed by atoms with Gasteiger partial charge in [0.25, 0.3) is 0 Å². The lowest BCUT2D eigenvalue weighted by atomic mass is 9.87. The van der Waals surface area contributed by atoms with Crippen LogP contribution in [0.4, 0.5) is 0 Å². The molecule has 5 nitrogen and oxygen atoms in total. The third kappa shape index (κ3) is 4.33. The van der Waals surface area contributed by atoms with Gasteiger partial charge in [-0.3, -0.25) is 14.8 Å². The standard InChI is InChI=1S/C34H37N3O2/c1-34(2)31-24-9-3-5-11-26(24)33(27-12-6-4-10-25(27)32(31)34)37-19-17-36(18-20-37)21-23(38)22-39-30-15-7-14-29-28(30)13-8-16-35-29/h3-16,23,31-33,38H,17-22H2,1-2H3/t23-,31-,32+,33-/m1/s1. The first-order chi connectivity index (χ1) is 19.0. The van der Waals surface area contributed by atoms with Crippen molar-refractivity contribution in [3.8, 4) is 5.75 Å². The Hall–Kier alpha value is -3.25. The second-order valence-corrected chi connectivity index (χ2v) is 12.1. The maximum Gasteiger partial charge on any atom is 0.128 e. The van der Waals surface area contributed by atoms with Crippen LogP contribution in [0.5, 0.6) is 5.75 Å². The van der Waals surface area contributed by atoms with Crippen molar-refractivity contribution in [1.82, 2.24) is 14.8 Å². The summed E-state index contributed by atoms with van der Waals surface area (Å²) in [6.45, 7) is 9.59. The Balaban J connectivity index is 1.04. The van der Waals surface area contributed by atoms with Gasteiger partial charge in [-0.05, 0) is 63.8 Å². The van der Waals surface area contributed by atoms with E-state index in [0.29, 0.717) is 23.8 Å². The van der Waals surface area contributed by atoms with Gasteiger partial charge in [0.1, 0.15) is 18.5 Å². The molecule has 0 unspecified atom stereocenters. The molecule has 1 saturated heterocycles. The van der Waals surface area contributed by atoms with Gasteiger partial charge in [-0.15, -0.1) is 0 Å². The minimum atomic E-state index is -0.544. The number of aliphatic hydroxyl groups is 1. The van der Waals surface area contributed by atoms with E-state index in [2.05, 4.69) is 77.2 Å². The molecular formula is C34H37N3O2. The summed E-state index contributed by atoms with van der Waals surface area (Å²) in [6, 6.07) is 28.4. The number of benzene rings is 3. The Kier molecular flexibility index (Phi) is 6.19. The number of pyridine rings is 1. The molecule has 2 fully saturated rings. The highest BCUT2D eigenvalue weighted by molar-refractivity contribution is 5.84. The van der Waals surface area contributed by atoms with E-state index in [4.69, 9.17) is 4.74 Å². The summed E-state index contributed by atoms with van der Waals surface area (Å²) in [5.41, 5.74) is 7.24. The molecule has 200 valence electrons. The molecule has 7 rings (SSSR count). The number of aromatic nitrogens is 1. The van der Waals surface area contributed by atoms with E-state index in [1.165, 1.54) is 22.3 Å². The number of ether oxygens (including phenoxy) is 1. The quantitative estimate of drug-likeness (QED) is 0.359. The van der Waals surface area contributed by atoms with Crippen LogP contribution in [-0.2, 0) is 0 Å². The smallest absolute Gasteiger partial charge is 0.128 e. The van der Waals surface area contributed by atoms with Gasteiger partial charge in [0.15, 0.2) is 0 Å². The van der Waals surface area contributed by atoms with Crippen LogP contribution in [0.15, 0.2) is 85.1 Å². The lowest BCUT2D eigenvalue weighted by Gasteiger charge is -2.41. The highest BCUT2D eigenvalue weighted by Crippen LogP contribution is 2.72. The second-order valence-electron chi connectivity index (χ2n) is 12.1. The summed E-state index contributed by atoms with van der Waals surface area (Å²) >= 11 is 0. The predicted octanol–water partition coefficient (Wildman–Crippen LogP) is 5.60. The molecule has 5 heteroatoms. The molecule has 3 aliphatic rings. The summed E-state index contributed by atoms with van der Waals surface area (Å²) in [7, 11) is 0. The van der Waals surface area contributed by atoms with E-state index in [-0.39, 0.29) is 12.6 Å². The molecule has 0 bridgehead atoms. The van der Waals surface area contributed by atoms with Gasteiger partial charge < -0.3 is 9.84 Å². The van der Waals surface area contributed by atoms with E-state index in [1.807, 2.05) is 30.3 Å². The largest absolute Gasteiger partial charge is 0.490 e. The number of rotatable bonds is 6. The molecular weight excluding hydrogens is 482 g/mol. The number of hydrogen-bond acceptors (Lipinski definition) is 5. The van der Waals surface area contributed by atoms with Crippen molar-refractivity contribution < 1.29 is 9.84 Å². The Morgan fingerprint density at radius 1 is 0.821 bits per heavy atom. The van der Waals surface area contributed by atoms with Gasteiger partial charge in [-0.2, -0.15) is 0 Å². The van der Waals surface area contributed by atoms with E-state index in [9.17, 15) is 5.11 Å². The Bertz CT molecular complexity index is 1430. The van der Waals surface area contributed by atoms with Crippen molar-refractivity contribution in [2.75, 3.05) is 39.3 Å². The molecule has 0 radical (unpaired) electrons. The Morgan fingerprint density at radius 2 is 1.46 bits per heavy atom. The van der Waals surface area contributed by atoms with Gasteiger partial charge in [0, 0.05) is 44.3 Å². The monoisotopic (exact) mass is 519 g/mol. The first-order valence-electron chi connectivity index (χ1n) is 14.3. The van der Waals surface area contributed by atoms with Gasteiger partial charge in [-0.25, -0.2) is 0 Å². The minimum absolute atomic E-state index is 0.274. The topological polar surface area (TPSA) is 48.8 Å². The van der Waals surface area contributed by atoms with Crippen LogP contribution in [0.2, 0.25) is 0 Å². The maximum atomic E-state index is 10.8. The van der Waals surface area contributed by atoms with Gasteiger partial charge in [0.2, 0.25) is 0 Å². The van der Waals surface area contributed by atoms with E-state index in [1.54, 1.807) is 6.20 Å². The normalized spacial score (nSPS) is 24.7. The SMILES string of the molecule is CC1(C)[C@@H]2c3ccccc3[C@@H](N3CCN(C[C@@H](O)COc4cccc5ncccc45)CC3)c3ccccc3[C@@H]21. The van der Waals surface area contributed by atoms with Crippen LogP contribution in [0.1, 0.15) is 54.0 Å². The number of piperazine rings is 1. The number of nitrogens with zero attached hydrogens (tertiary/aromatic N) is 3. The number of fused-ring (bicyclic) bond motifs is 6. The first kappa shape index (κ1) is 24.8. The molecule has 1 aliphatic heterocycles. The van der Waals surface area contributed by atoms with Gasteiger partial charge in [0.05, 0.1) is 11.6 Å². The fraction of sp³-hybridized carbons (Fsp3) is 0.382. The zero-order chi connectivity index (χ0) is 26.6. The van der Waals surface area contributed by atoms with Gasteiger partial charge >= 0.3 is 0 Å². The Morgan fingerprint density at radius 3 is 2.13 bits per heavy atom. The van der Waals surface area contributed by atoms with Crippen LogP contribution >= 0.6 is 0 Å². The third-order valence-corrected chi connectivity index (χ3v) is 9.36. The van der Waals surface area contributed by atoms with Crippen molar-refractivity contribution >= 4 is 10.9 Å². The minimum Gasteiger partial charge on any atom is -0.490 e. The fourth-order valence-electron chi connectivity index (χ4n) is 7.39. The molecule has 2 heterocycles. The lowest BCUT2D eigenvalue weighted by molar-refractivity contribution is 0.0403. The van der Waals surface area contributed by atoms with Crippen LogP contribution in [0.3, 0.4) is 0 Å². The number of β-amino-alcohol motifs (C(OH)–C–C–N with tert-alkyl or cyclic N) is 1. The first-order valence-corrected chi connectivity index (χ1v) is 14.3. The second kappa shape index (κ2) is 9.74. The van der Waals surface area contributed by atoms with Crippen molar-refractivity contribution in [2.24, 2.45) is 5.41 Å². The van der Waals surface area contributed by atoms with Crippen molar-refractivity contribution in [1.29, 1.82) is 0 Å². The Labute approximate surface area is 231 Å². The molecule has 1 aromatic heterocycles. The highest BCUT2D eigenvalue weighted by atomic mass is 16.5. The molecule has 0 spiro atoms. The predicted molar refractivity (Wildman–Crippen MR) is 155 cm³/mol. The highest BCUT2D eigenvalue weighted by Gasteiger charge is 2.61. The van der Waals surface area contributed by atoms with Crippen molar-refractivity contribution in [2.45, 2.75) is 37.8 Å². The van der Waals surface area contributed by atoms with Crippen LogP contribution in [0, 0.1) is 5.41 Å². The number of hydrogen-bond donors (Lipinski definition) is 1. The summed E-state index contributed by atoms with van der Waals surface area (Å²) < 4.78 is 6.03. The molecule has 2 aliphatic carbocycles. The number of aliphatic hydroxyl groups excluding tert-OH is 1. The summed E-state index contributed by atoms with van der Waals surface area (Å²) in [5, 5.41) is 11.8. The average Bonchev–Trinajstić information content (AvgIpc) is 3.58. The maximum absolute atomic E-state index is 10.8. The van der Waals surface area contributed by atoms with Crippen LogP contribution < -0.4 is 4.74 Å². The van der Waals surface area contributed by atoms with E-state index in [0.717, 1.165) is 42.8 Å².